The average molecular weight is 507 g/mol. The number of likely N-dealkylation sites (tertiary alicyclic amines) is 1. The van der Waals surface area contributed by atoms with Crippen LogP contribution in [-0.2, 0) is 6.42 Å². The van der Waals surface area contributed by atoms with Gasteiger partial charge in [0.05, 0.1) is 17.7 Å². The zero-order chi connectivity index (χ0) is 25.8. The molecule has 2 aliphatic rings. The second-order valence-electron chi connectivity index (χ2n) is 10.7. The first-order chi connectivity index (χ1) is 18.0. The van der Waals surface area contributed by atoms with E-state index in [1.165, 1.54) is 42.9 Å². The first-order valence-corrected chi connectivity index (χ1v) is 13.9. The molecule has 2 N–H and O–H groups in total. The predicted molar refractivity (Wildman–Crippen MR) is 151 cm³/mol. The molecule has 1 aromatic carbocycles. The third-order valence-corrected chi connectivity index (χ3v) is 7.55. The van der Waals surface area contributed by atoms with Gasteiger partial charge in [-0.15, -0.1) is 0 Å². The van der Waals surface area contributed by atoms with Gasteiger partial charge in [0.15, 0.2) is 5.65 Å². The molecule has 0 aliphatic carbocycles. The maximum atomic E-state index is 6.21. The van der Waals surface area contributed by atoms with Crippen molar-refractivity contribution in [1.29, 1.82) is 0 Å². The first kappa shape index (κ1) is 25.6. The van der Waals surface area contributed by atoms with E-state index in [0.717, 1.165) is 80.6 Å². The Balaban J connectivity index is 1.32. The molecule has 2 aromatic heterocycles. The third-order valence-electron chi connectivity index (χ3n) is 7.55. The molecule has 2 aliphatic heterocycles. The number of hydrogen-bond acceptors (Lipinski definition) is 8. The Bertz CT molecular complexity index is 1180. The van der Waals surface area contributed by atoms with Gasteiger partial charge in [0, 0.05) is 62.8 Å². The third kappa shape index (κ3) is 5.76. The number of benzene rings is 1. The van der Waals surface area contributed by atoms with Crippen LogP contribution in [0.5, 0.6) is 5.75 Å². The lowest BCUT2D eigenvalue weighted by Crippen LogP contribution is -2.47. The fourth-order valence-corrected chi connectivity index (χ4v) is 5.44. The molecule has 4 heterocycles. The van der Waals surface area contributed by atoms with Gasteiger partial charge in [-0.05, 0) is 50.8 Å². The van der Waals surface area contributed by atoms with Gasteiger partial charge in [0.2, 0.25) is 0 Å². The maximum absolute atomic E-state index is 6.21. The Morgan fingerprint density at radius 1 is 1.03 bits per heavy atom. The number of aromatic nitrogens is 4. The number of hydrogen-bond donors (Lipinski definition) is 2. The van der Waals surface area contributed by atoms with Gasteiger partial charge in [-0.3, -0.25) is 5.10 Å². The molecule has 0 saturated carbocycles. The molecule has 0 bridgehead atoms. The highest BCUT2D eigenvalue weighted by molar-refractivity contribution is 5.89. The van der Waals surface area contributed by atoms with E-state index in [1.807, 2.05) is 0 Å². The van der Waals surface area contributed by atoms with Crippen LogP contribution in [0.3, 0.4) is 0 Å². The lowest BCUT2D eigenvalue weighted by Gasteiger charge is -2.38. The van der Waals surface area contributed by atoms with Gasteiger partial charge in [0.25, 0.3) is 0 Å². The number of nitrogens with zero attached hydrogens (tertiary/aromatic N) is 6. The van der Waals surface area contributed by atoms with Crippen LogP contribution in [0.1, 0.15) is 44.9 Å². The second kappa shape index (κ2) is 11.5. The van der Waals surface area contributed by atoms with Crippen molar-refractivity contribution >= 4 is 28.2 Å². The number of ether oxygens (including phenoxy) is 1. The molecule has 9 nitrogen and oxygen atoms in total. The highest BCUT2D eigenvalue weighted by Crippen LogP contribution is 2.34. The molecule has 2 fully saturated rings. The fourth-order valence-electron chi connectivity index (χ4n) is 5.44. The monoisotopic (exact) mass is 506 g/mol. The van der Waals surface area contributed by atoms with Crippen molar-refractivity contribution in [1.82, 2.24) is 25.1 Å². The highest BCUT2D eigenvalue weighted by atomic mass is 16.5. The number of aromatic amines is 1. The topological polar surface area (TPSA) is 85.4 Å². The zero-order valence-corrected chi connectivity index (χ0v) is 22.9. The Morgan fingerprint density at radius 2 is 1.78 bits per heavy atom. The van der Waals surface area contributed by atoms with E-state index in [4.69, 9.17) is 4.74 Å². The van der Waals surface area contributed by atoms with Crippen molar-refractivity contribution in [2.24, 2.45) is 5.92 Å². The molecule has 0 amide bonds. The Hall–Kier alpha value is -3.07. The van der Waals surface area contributed by atoms with Gasteiger partial charge in [0.1, 0.15) is 17.9 Å². The van der Waals surface area contributed by atoms with Crippen LogP contribution >= 0.6 is 0 Å². The zero-order valence-electron chi connectivity index (χ0n) is 22.9. The number of fused-ring (bicyclic) bond motifs is 1. The molecule has 0 spiro atoms. The van der Waals surface area contributed by atoms with Gasteiger partial charge in [-0.2, -0.15) is 5.10 Å². The molecule has 0 radical (unpaired) electrons. The van der Waals surface area contributed by atoms with Gasteiger partial charge in [-0.1, -0.05) is 20.8 Å². The summed E-state index contributed by atoms with van der Waals surface area (Å²) in [7, 11) is 0. The second-order valence-corrected chi connectivity index (χ2v) is 10.7. The number of anilines is 3. The predicted octanol–water partition coefficient (Wildman–Crippen LogP) is 4.09. The summed E-state index contributed by atoms with van der Waals surface area (Å²) >= 11 is 0. The van der Waals surface area contributed by atoms with Gasteiger partial charge >= 0.3 is 0 Å². The summed E-state index contributed by atoms with van der Waals surface area (Å²) in [5.41, 5.74) is 5.58. The molecule has 2 saturated heterocycles. The minimum atomic E-state index is 0.487. The summed E-state index contributed by atoms with van der Waals surface area (Å²) in [6.07, 6.45) is 5.15. The lowest BCUT2D eigenvalue weighted by molar-refractivity contribution is 0.271. The van der Waals surface area contributed by atoms with Gasteiger partial charge in [-0.25, -0.2) is 9.97 Å². The summed E-state index contributed by atoms with van der Waals surface area (Å²) in [5.74, 6) is 2.43. The van der Waals surface area contributed by atoms with E-state index in [-0.39, 0.29) is 0 Å². The Labute approximate surface area is 220 Å². The van der Waals surface area contributed by atoms with E-state index in [1.54, 1.807) is 6.33 Å². The van der Waals surface area contributed by atoms with Crippen molar-refractivity contribution in [3.63, 3.8) is 0 Å². The molecular formula is C28H42N8O. The quantitative estimate of drug-likeness (QED) is 0.425. The highest BCUT2D eigenvalue weighted by Gasteiger charge is 2.24. The largest absolute Gasteiger partial charge is 0.493 e. The molecule has 0 unspecified atom stereocenters. The Kier molecular flexibility index (Phi) is 7.98. The van der Waals surface area contributed by atoms with Crippen LogP contribution in [-0.4, -0.2) is 84.0 Å². The van der Waals surface area contributed by atoms with E-state index in [0.29, 0.717) is 5.92 Å². The normalized spacial score (nSPS) is 16.8. The summed E-state index contributed by atoms with van der Waals surface area (Å²) in [4.78, 5) is 16.5. The van der Waals surface area contributed by atoms with E-state index in [9.17, 15) is 0 Å². The number of piperazine rings is 1. The number of aryl methyl sites for hydroxylation is 1. The van der Waals surface area contributed by atoms with Crippen molar-refractivity contribution in [2.45, 2.75) is 47.0 Å². The number of rotatable bonds is 10. The van der Waals surface area contributed by atoms with E-state index in [2.05, 4.69) is 80.0 Å². The van der Waals surface area contributed by atoms with Gasteiger partial charge < -0.3 is 24.8 Å². The summed E-state index contributed by atoms with van der Waals surface area (Å²) in [5, 5.41) is 12.3. The fraction of sp³-hybridized carbons (Fsp3) is 0.607. The molecule has 0 atom stereocenters. The molecular weight excluding hydrogens is 464 g/mol. The first-order valence-electron chi connectivity index (χ1n) is 13.9. The number of nitrogens with one attached hydrogen (secondary N) is 2. The van der Waals surface area contributed by atoms with Crippen molar-refractivity contribution < 1.29 is 4.74 Å². The molecule has 37 heavy (non-hydrogen) atoms. The molecule has 200 valence electrons. The summed E-state index contributed by atoms with van der Waals surface area (Å²) in [6, 6.07) is 4.41. The van der Waals surface area contributed by atoms with Crippen molar-refractivity contribution in [3.05, 3.63) is 29.7 Å². The molecule has 5 rings (SSSR count). The van der Waals surface area contributed by atoms with Crippen LogP contribution < -0.4 is 19.9 Å². The summed E-state index contributed by atoms with van der Waals surface area (Å²) < 4.78 is 6.21. The van der Waals surface area contributed by atoms with Crippen LogP contribution in [0.4, 0.5) is 17.2 Å². The average Bonchev–Trinajstić information content (AvgIpc) is 3.59. The van der Waals surface area contributed by atoms with E-state index < -0.39 is 0 Å². The van der Waals surface area contributed by atoms with Crippen LogP contribution in [0.25, 0.3) is 11.0 Å². The maximum Gasteiger partial charge on any atom is 0.160 e. The van der Waals surface area contributed by atoms with Crippen LogP contribution in [0.15, 0.2) is 18.5 Å². The Morgan fingerprint density at radius 3 is 2.51 bits per heavy atom. The molecule has 3 aromatic rings. The minimum Gasteiger partial charge on any atom is -0.493 e. The van der Waals surface area contributed by atoms with Crippen molar-refractivity contribution in [2.75, 3.05) is 74.1 Å². The smallest absolute Gasteiger partial charge is 0.160 e. The van der Waals surface area contributed by atoms with E-state index >= 15 is 0 Å². The van der Waals surface area contributed by atoms with Crippen LogP contribution in [0.2, 0.25) is 0 Å². The minimum absolute atomic E-state index is 0.487. The summed E-state index contributed by atoms with van der Waals surface area (Å²) in [6.45, 7) is 17.6. The SMILES string of the molecule is CCc1n[nH]c2ncnc(N3CCN(c4cc(OCC(C)C)cc(NCCN5CCCC5)c4C)CC3)c12. The number of H-pyrrole nitrogens is 1. The molecule has 9 heteroatoms. The lowest BCUT2D eigenvalue weighted by atomic mass is 10.1. The van der Waals surface area contributed by atoms with Crippen molar-refractivity contribution in [3.8, 4) is 5.75 Å². The standard InChI is InChI=1S/C28H42N8O/c1-5-23-26-27(33-32-23)30-19-31-28(26)36-14-12-35(13-15-36)25-17-22(37-18-20(2)3)16-24(21(25)4)29-8-11-34-9-6-7-10-34/h16-17,19-20,29H,5-15,18H2,1-4H3,(H,30,31,32,33). The van der Waals surface area contributed by atoms with Crippen LogP contribution in [0, 0.1) is 12.8 Å².